The lowest BCUT2D eigenvalue weighted by atomic mass is 9.73. The summed E-state index contributed by atoms with van der Waals surface area (Å²) in [5.41, 5.74) is 1.70. The number of aliphatic hydroxyl groups excluding tert-OH is 1. The summed E-state index contributed by atoms with van der Waals surface area (Å²) in [6.45, 7) is 3.81. The van der Waals surface area contributed by atoms with Crippen LogP contribution in [-0.2, 0) is 15.6 Å². The Kier molecular flexibility index (Phi) is 5.68. The fraction of sp³-hybridized carbons (Fsp3) is 0.304. The van der Waals surface area contributed by atoms with Gasteiger partial charge >= 0.3 is 0 Å². The molecule has 3 atom stereocenters. The van der Waals surface area contributed by atoms with E-state index < -0.39 is 21.7 Å². The van der Waals surface area contributed by atoms with Crippen molar-refractivity contribution in [2.45, 2.75) is 36.8 Å². The number of nitrogens with zero attached hydrogens (tertiary/aromatic N) is 1. The van der Waals surface area contributed by atoms with E-state index in [1.807, 2.05) is 62.6 Å². The van der Waals surface area contributed by atoms with Gasteiger partial charge in [0.1, 0.15) is 5.54 Å². The van der Waals surface area contributed by atoms with Gasteiger partial charge in [-0.15, -0.1) is 11.8 Å². The highest BCUT2D eigenvalue weighted by molar-refractivity contribution is 9.10. The van der Waals surface area contributed by atoms with Gasteiger partial charge in [-0.2, -0.15) is 0 Å². The Morgan fingerprint density at radius 1 is 1.10 bits per heavy atom. The van der Waals surface area contributed by atoms with E-state index in [1.54, 1.807) is 34.3 Å². The number of hydrogen-bond acceptors (Lipinski definition) is 4. The van der Waals surface area contributed by atoms with Crippen LogP contribution in [0, 0.1) is 12.8 Å². The number of rotatable bonds is 4. The molecule has 0 amide bonds. The number of aryl methyl sites for hydroxylation is 1. The Bertz CT molecular complexity index is 1120. The fourth-order valence-electron chi connectivity index (χ4n) is 4.64. The van der Waals surface area contributed by atoms with Crippen molar-refractivity contribution in [2.75, 3.05) is 6.26 Å². The molecule has 2 aromatic rings. The predicted octanol–water partition coefficient (Wildman–Crippen LogP) is 5.19. The van der Waals surface area contributed by atoms with E-state index in [1.165, 1.54) is 0 Å². The Labute approximate surface area is 190 Å². The van der Waals surface area contributed by atoms with E-state index in [0.29, 0.717) is 6.42 Å². The molecule has 7 heteroatoms. The molecule has 0 bridgehead atoms. The van der Waals surface area contributed by atoms with Gasteiger partial charge in [0.25, 0.3) is 10.0 Å². The van der Waals surface area contributed by atoms with Crippen molar-refractivity contribution in [3.63, 3.8) is 0 Å². The molecule has 4 nitrogen and oxygen atoms in total. The van der Waals surface area contributed by atoms with Crippen LogP contribution in [-0.4, -0.2) is 30.2 Å². The second-order valence-corrected chi connectivity index (χ2v) is 11.3. The van der Waals surface area contributed by atoms with Gasteiger partial charge in [0.2, 0.25) is 0 Å². The van der Waals surface area contributed by atoms with Gasteiger partial charge in [-0.3, -0.25) is 4.31 Å². The molecule has 4 rings (SSSR count). The van der Waals surface area contributed by atoms with Crippen LogP contribution < -0.4 is 0 Å². The summed E-state index contributed by atoms with van der Waals surface area (Å²) in [7, 11) is -3.83. The lowest BCUT2D eigenvalue weighted by molar-refractivity contribution is 0.138. The monoisotopic (exact) mass is 505 g/mol. The lowest BCUT2D eigenvalue weighted by Crippen LogP contribution is -2.49. The van der Waals surface area contributed by atoms with Gasteiger partial charge in [0, 0.05) is 21.0 Å². The van der Waals surface area contributed by atoms with Crippen molar-refractivity contribution in [2.24, 2.45) is 5.92 Å². The highest BCUT2D eigenvalue weighted by Crippen LogP contribution is 2.58. The summed E-state index contributed by atoms with van der Waals surface area (Å²) in [5, 5.41) is 10.4. The molecule has 0 fully saturated rings. The summed E-state index contributed by atoms with van der Waals surface area (Å²) in [5.74, 6) is -0.158. The molecular weight excluding hydrogens is 482 g/mol. The molecule has 1 heterocycles. The molecular formula is C23H24BrNO3S2. The first-order valence-electron chi connectivity index (χ1n) is 9.72. The zero-order valence-corrected chi connectivity index (χ0v) is 20.3. The largest absolute Gasteiger partial charge is 0.389 e. The van der Waals surface area contributed by atoms with Gasteiger partial charge in [0.05, 0.1) is 11.0 Å². The second-order valence-electron chi connectivity index (χ2n) is 7.78. The van der Waals surface area contributed by atoms with Crippen LogP contribution in [0.25, 0.3) is 0 Å². The third-order valence-electron chi connectivity index (χ3n) is 5.98. The third-order valence-corrected chi connectivity index (χ3v) is 9.45. The Balaban J connectivity index is 2.00. The average molecular weight is 506 g/mol. The first-order chi connectivity index (χ1) is 14.2. The molecule has 30 heavy (non-hydrogen) atoms. The molecule has 1 N–H and O–H groups in total. The number of fused-ring (bicyclic) bond motifs is 1. The highest BCUT2D eigenvalue weighted by Gasteiger charge is 2.57. The molecule has 2 aromatic carbocycles. The van der Waals surface area contributed by atoms with E-state index in [4.69, 9.17) is 0 Å². The van der Waals surface area contributed by atoms with Crippen LogP contribution in [0.2, 0.25) is 0 Å². The maximum Gasteiger partial charge on any atom is 0.265 e. The lowest BCUT2D eigenvalue weighted by Gasteiger charge is -2.44. The van der Waals surface area contributed by atoms with E-state index >= 15 is 0 Å². The van der Waals surface area contributed by atoms with Crippen molar-refractivity contribution in [1.29, 1.82) is 0 Å². The predicted molar refractivity (Wildman–Crippen MR) is 125 cm³/mol. The first kappa shape index (κ1) is 21.7. The van der Waals surface area contributed by atoms with Crippen LogP contribution >= 0.6 is 27.7 Å². The summed E-state index contributed by atoms with van der Waals surface area (Å²) >= 11 is 5.04. The van der Waals surface area contributed by atoms with Crippen molar-refractivity contribution in [1.82, 2.24) is 4.31 Å². The Hall–Kier alpha value is -1.54. The SMILES string of the molecule is CSC1=C(C)N(S(=O)(=O)c2ccc(C)cc2)[C@@]2(c3ccc(Br)cc3)C=CC(O)C[C@@H]12. The zero-order chi connectivity index (χ0) is 21.7. The van der Waals surface area contributed by atoms with Gasteiger partial charge in [-0.05, 0) is 56.4 Å². The van der Waals surface area contributed by atoms with E-state index in [0.717, 1.165) is 26.2 Å². The second kappa shape index (κ2) is 7.86. The summed E-state index contributed by atoms with van der Waals surface area (Å²) in [6, 6.07) is 14.8. The van der Waals surface area contributed by atoms with Crippen molar-refractivity contribution < 1.29 is 13.5 Å². The quantitative estimate of drug-likeness (QED) is 0.580. The number of hydrogen-bond donors (Lipinski definition) is 1. The van der Waals surface area contributed by atoms with E-state index in [-0.39, 0.29) is 10.8 Å². The molecule has 2 aliphatic rings. The Morgan fingerprint density at radius 3 is 2.33 bits per heavy atom. The highest BCUT2D eigenvalue weighted by atomic mass is 79.9. The van der Waals surface area contributed by atoms with Crippen LogP contribution in [0.15, 0.2) is 80.7 Å². The van der Waals surface area contributed by atoms with Crippen LogP contribution in [0.1, 0.15) is 24.5 Å². The minimum atomic E-state index is -3.83. The minimum absolute atomic E-state index is 0.158. The molecule has 0 spiro atoms. The average Bonchev–Trinajstić information content (AvgIpc) is 2.97. The maximum absolute atomic E-state index is 14.0. The first-order valence-corrected chi connectivity index (χ1v) is 13.2. The molecule has 0 saturated heterocycles. The summed E-state index contributed by atoms with van der Waals surface area (Å²) in [6.07, 6.45) is 5.45. The van der Waals surface area contributed by atoms with Crippen LogP contribution in [0.5, 0.6) is 0 Å². The van der Waals surface area contributed by atoms with Crippen molar-refractivity contribution in [3.8, 4) is 0 Å². The summed E-state index contributed by atoms with van der Waals surface area (Å²) < 4.78 is 30.5. The molecule has 158 valence electrons. The fourth-order valence-corrected chi connectivity index (χ4v) is 7.75. The van der Waals surface area contributed by atoms with Crippen LogP contribution in [0.4, 0.5) is 0 Å². The molecule has 0 radical (unpaired) electrons. The number of thioether (sulfide) groups is 1. The number of sulfonamides is 1. The van der Waals surface area contributed by atoms with Crippen molar-refractivity contribution in [3.05, 3.63) is 86.9 Å². The van der Waals surface area contributed by atoms with Crippen molar-refractivity contribution >= 4 is 37.7 Å². The van der Waals surface area contributed by atoms with Gasteiger partial charge < -0.3 is 5.11 Å². The van der Waals surface area contributed by atoms with E-state index in [2.05, 4.69) is 15.9 Å². The van der Waals surface area contributed by atoms with Crippen LogP contribution in [0.3, 0.4) is 0 Å². The van der Waals surface area contributed by atoms with Gasteiger partial charge in [0.15, 0.2) is 0 Å². The smallest absolute Gasteiger partial charge is 0.265 e. The number of halogens is 1. The number of aliphatic hydroxyl groups is 1. The molecule has 1 aliphatic heterocycles. The molecule has 1 unspecified atom stereocenters. The van der Waals surface area contributed by atoms with Gasteiger partial charge in [-0.1, -0.05) is 57.9 Å². The third kappa shape index (κ3) is 3.27. The number of benzene rings is 2. The Morgan fingerprint density at radius 2 is 1.73 bits per heavy atom. The standard InChI is InChI=1S/C23H24BrNO3S2/c1-15-4-10-20(11-5-15)30(27,28)25-16(2)22(29-3)21-14-19(26)12-13-23(21,25)17-6-8-18(24)9-7-17/h4-13,19,21,26H,14H2,1-3H3/t19?,21-,23+/m0/s1. The summed E-state index contributed by atoms with van der Waals surface area (Å²) in [4.78, 5) is 1.27. The topological polar surface area (TPSA) is 57.6 Å². The minimum Gasteiger partial charge on any atom is -0.389 e. The molecule has 0 saturated carbocycles. The maximum atomic E-state index is 14.0. The van der Waals surface area contributed by atoms with E-state index in [9.17, 15) is 13.5 Å². The molecule has 1 aliphatic carbocycles. The normalized spacial score (nSPS) is 26.2. The van der Waals surface area contributed by atoms with Gasteiger partial charge in [-0.25, -0.2) is 8.42 Å². The zero-order valence-electron chi connectivity index (χ0n) is 17.0. The number of allylic oxidation sites excluding steroid dienone is 1. The molecule has 0 aromatic heterocycles.